The van der Waals surface area contributed by atoms with Crippen LogP contribution in [-0.2, 0) is 11.3 Å². The Morgan fingerprint density at radius 3 is 2.66 bits per heavy atom. The van der Waals surface area contributed by atoms with E-state index < -0.39 is 0 Å². The molecule has 0 bridgehead atoms. The number of carbonyl (C=O) groups is 2. The van der Waals surface area contributed by atoms with Crippen LogP contribution in [0.3, 0.4) is 0 Å². The van der Waals surface area contributed by atoms with Crippen molar-refractivity contribution in [2.45, 2.75) is 51.9 Å². The van der Waals surface area contributed by atoms with Crippen LogP contribution in [0.25, 0.3) is 0 Å². The molecule has 2 aromatic carbocycles. The molecule has 0 unspecified atom stereocenters. The largest absolute Gasteiger partial charge is 0.496 e. The van der Waals surface area contributed by atoms with Gasteiger partial charge in [-0.1, -0.05) is 25.1 Å². The molecular formula is C25H30N2O5. The molecule has 1 atom stereocenters. The number of cyclic esters (lactones) is 1. The van der Waals surface area contributed by atoms with Gasteiger partial charge in [0.05, 0.1) is 24.5 Å². The third-order valence-corrected chi connectivity index (χ3v) is 6.23. The SMILES string of the molecule is CC[C@@H](C)Oc1ccc(C(=O)N2CCC(N3C(=O)OCc4ccccc43)CC2)c(OC)c1. The third kappa shape index (κ3) is 4.38. The van der Waals surface area contributed by atoms with Crippen LogP contribution in [0.2, 0.25) is 0 Å². The molecule has 0 aliphatic carbocycles. The third-order valence-electron chi connectivity index (χ3n) is 6.23. The summed E-state index contributed by atoms with van der Waals surface area (Å²) in [4.78, 5) is 29.3. The van der Waals surface area contributed by atoms with Crippen LogP contribution in [0.4, 0.5) is 10.5 Å². The van der Waals surface area contributed by atoms with Crippen molar-refractivity contribution in [3.05, 3.63) is 53.6 Å². The Kier molecular flexibility index (Phi) is 6.53. The minimum atomic E-state index is -0.313. The lowest BCUT2D eigenvalue weighted by molar-refractivity contribution is 0.0705. The molecule has 2 aliphatic rings. The summed E-state index contributed by atoms with van der Waals surface area (Å²) >= 11 is 0. The number of benzene rings is 2. The molecule has 7 heteroatoms. The zero-order valence-corrected chi connectivity index (χ0v) is 18.9. The fourth-order valence-electron chi connectivity index (χ4n) is 4.26. The zero-order chi connectivity index (χ0) is 22.7. The number of likely N-dealkylation sites (tertiary alicyclic amines) is 1. The van der Waals surface area contributed by atoms with Gasteiger partial charge in [-0.25, -0.2) is 4.79 Å². The number of amides is 2. The van der Waals surface area contributed by atoms with Gasteiger partial charge < -0.3 is 19.1 Å². The van der Waals surface area contributed by atoms with E-state index in [1.807, 2.05) is 42.2 Å². The molecule has 0 radical (unpaired) electrons. The van der Waals surface area contributed by atoms with Gasteiger partial charge in [0.15, 0.2) is 0 Å². The number of anilines is 1. The highest BCUT2D eigenvalue weighted by Gasteiger charge is 2.35. The predicted molar refractivity (Wildman–Crippen MR) is 121 cm³/mol. The Morgan fingerprint density at radius 2 is 1.94 bits per heavy atom. The number of para-hydroxylation sites is 1. The molecule has 1 saturated heterocycles. The van der Waals surface area contributed by atoms with Gasteiger partial charge in [0, 0.05) is 30.8 Å². The van der Waals surface area contributed by atoms with E-state index in [0.717, 1.165) is 17.7 Å². The van der Waals surface area contributed by atoms with Crippen molar-refractivity contribution in [3.8, 4) is 11.5 Å². The number of hydrogen-bond donors (Lipinski definition) is 0. The molecule has 170 valence electrons. The second kappa shape index (κ2) is 9.51. The second-order valence-corrected chi connectivity index (χ2v) is 8.28. The molecule has 2 heterocycles. The number of nitrogens with zero attached hydrogens (tertiary/aromatic N) is 2. The summed E-state index contributed by atoms with van der Waals surface area (Å²) in [6, 6.07) is 13.2. The van der Waals surface area contributed by atoms with E-state index in [-0.39, 0.29) is 24.1 Å². The first kappa shape index (κ1) is 22.0. The van der Waals surface area contributed by atoms with Crippen LogP contribution in [0.5, 0.6) is 11.5 Å². The zero-order valence-electron chi connectivity index (χ0n) is 18.9. The second-order valence-electron chi connectivity index (χ2n) is 8.28. The van der Waals surface area contributed by atoms with Gasteiger partial charge in [-0.2, -0.15) is 0 Å². The number of carbonyl (C=O) groups excluding carboxylic acids is 2. The highest BCUT2D eigenvalue weighted by Crippen LogP contribution is 2.33. The van der Waals surface area contributed by atoms with Crippen molar-refractivity contribution in [2.75, 3.05) is 25.1 Å². The van der Waals surface area contributed by atoms with Crippen LogP contribution in [0.1, 0.15) is 49.0 Å². The molecule has 4 rings (SSSR count). The van der Waals surface area contributed by atoms with Crippen molar-refractivity contribution in [1.29, 1.82) is 0 Å². The summed E-state index contributed by atoms with van der Waals surface area (Å²) in [7, 11) is 1.56. The fourth-order valence-corrected chi connectivity index (χ4v) is 4.26. The lowest BCUT2D eigenvalue weighted by Crippen LogP contribution is -2.50. The van der Waals surface area contributed by atoms with Gasteiger partial charge in [0.2, 0.25) is 0 Å². The number of hydrogen-bond acceptors (Lipinski definition) is 5. The molecule has 0 N–H and O–H groups in total. The van der Waals surface area contributed by atoms with E-state index in [4.69, 9.17) is 14.2 Å². The Balaban J connectivity index is 1.45. The number of piperidine rings is 1. The quantitative estimate of drug-likeness (QED) is 0.658. The monoisotopic (exact) mass is 438 g/mol. The van der Waals surface area contributed by atoms with Gasteiger partial charge in [-0.3, -0.25) is 9.69 Å². The minimum Gasteiger partial charge on any atom is -0.496 e. The summed E-state index contributed by atoms with van der Waals surface area (Å²) in [6.45, 7) is 5.49. The topological polar surface area (TPSA) is 68.3 Å². The maximum absolute atomic E-state index is 13.2. The highest BCUT2D eigenvalue weighted by molar-refractivity contribution is 5.97. The first-order valence-electron chi connectivity index (χ1n) is 11.2. The summed E-state index contributed by atoms with van der Waals surface area (Å²) in [5, 5.41) is 0. The van der Waals surface area contributed by atoms with Gasteiger partial charge in [0.1, 0.15) is 18.1 Å². The minimum absolute atomic E-state index is 0.00111. The number of rotatable bonds is 6. The Hall–Kier alpha value is -3.22. The van der Waals surface area contributed by atoms with E-state index in [2.05, 4.69) is 6.92 Å². The van der Waals surface area contributed by atoms with Crippen LogP contribution in [0, 0.1) is 0 Å². The average molecular weight is 439 g/mol. The molecule has 32 heavy (non-hydrogen) atoms. The standard InChI is InChI=1S/C25H30N2O5/c1-4-17(2)32-20-9-10-21(23(15-20)30-3)24(28)26-13-11-19(12-14-26)27-22-8-6-5-7-18(22)16-31-25(27)29/h5-10,15,17,19H,4,11-14,16H2,1-3H3/t17-/m1/s1. The van der Waals surface area contributed by atoms with Crippen molar-refractivity contribution < 1.29 is 23.8 Å². The van der Waals surface area contributed by atoms with Gasteiger partial charge in [-0.05, 0) is 44.4 Å². The van der Waals surface area contributed by atoms with E-state index in [9.17, 15) is 9.59 Å². The van der Waals surface area contributed by atoms with E-state index >= 15 is 0 Å². The lowest BCUT2D eigenvalue weighted by atomic mass is 10.00. The molecule has 7 nitrogen and oxygen atoms in total. The Bertz CT molecular complexity index is 984. The Morgan fingerprint density at radius 1 is 1.19 bits per heavy atom. The predicted octanol–water partition coefficient (Wildman–Crippen LogP) is 4.63. The maximum atomic E-state index is 13.2. The molecule has 1 fully saturated rings. The van der Waals surface area contributed by atoms with Crippen LogP contribution in [0.15, 0.2) is 42.5 Å². The summed E-state index contributed by atoms with van der Waals surface area (Å²) in [6.07, 6.45) is 2.05. The van der Waals surface area contributed by atoms with Crippen molar-refractivity contribution in [2.24, 2.45) is 0 Å². The molecule has 2 amide bonds. The first-order chi connectivity index (χ1) is 15.5. The van der Waals surface area contributed by atoms with Crippen molar-refractivity contribution in [1.82, 2.24) is 4.90 Å². The smallest absolute Gasteiger partial charge is 0.414 e. The average Bonchev–Trinajstić information content (AvgIpc) is 2.83. The Labute approximate surface area is 188 Å². The van der Waals surface area contributed by atoms with E-state index in [0.29, 0.717) is 49.6 Å². The van der Waals surface area contributed by atoms with Gasteiger partial charge in [-0.15, -0.1) is 0 Å². The summed E-state index contributed by atoms with van der Waals surface area (Å²) in [5.41, 5.74) is 2.44. The number of fused-ring (bicyclic) bond motifs is 1. The summed E-state index contributed by atoms with van der Waals surface area (Å²) in [5.74, 6) is 1.12. The molecule has 0 saturated carbocycles. The summed E-state index contributed by atoms with van der Waals surface area (Å²) < 4.78 is 16.7. The number of ether oxygens (including phenoxy) is 3. The fraction of sp³-hybridized carbons (Fsp3) is 0.440. The van der Waals surface area contributed by atoms with E-state index in [1.54, 1.807) is 24.1 Å². The number of methoxy groups -OCH3 is 1. The van der Waals surface area contributed by atoms with Crippen molar-refractivity contribution in [3.63, 3.8) is 0 Å². The van der Waals surface area contributed by atoms with Crippen LogP contribution in [-0.4, -0.2) is 49.2 Å². The van der Waals surface area contributed by atoms with Gasteiger partial charge in [0.25, 0.3) is 5.91 Å². The van der Waals surface area contributed by atoms with Crippen LogP contribution >= 0.6 is 0 Å². The molecule has 0 spiro atoms. The molecule has 2 aromatic rings. The normalized spacial score (nSPS) is 17.4. The van der Waals surface area contributed by atoms with Crippen molar-refractivity contribution >= 4 is 17.7 Å². The maximum Gasteiger partial charge on any atom is 0.414 e. The molecule has 2 aliphatic heterocycles. The van der Waals surface area contributed by atoms with E-state index in [1.165, 1.54) is 0 Å². The highest BCUT2D eigenvalue weighted by atomic mass is 16.6. The molecular weight excluding hydrogens is 408 g/mol. The van der Waals surface area contributed by atoms with Gasteiger partial charge >= 0.3 is 6.09 Å². The first-order valence-corrected chi connectivity index (χ1v) is 11.2. The lowest BCUT2D eigenvalue weighted by Gasteiger charge is -2.40. The van der Waals surface area contributed by atoms with Crippen LogP contribution < -0.4 is 14.4 Å². The molecule has 0 aromatic heterocycles.